The Bertz CT molecular complexity index is 949. The molecular formula is C26H38N4O3. The highest BCUT2D eigenvalue weighted by Crippen LogP contribution is 2.18. The van der Waals surface area contributed by atoms with Gasteiger partial charge in [0.1, 0.15) is 5.75 Å². The van der Waals surface area contributed by atoms with Gasteiger partial charge in [0.05, 0.1) is 19.2 Å². The molecule has 0 radical (unpaired) electrons. The van der Waals surface area contributed by atoms with Crippen LogP contribution in [0.3, 0.4) is 0 Å². The van der Waals surface area contributed by atoms with Crippen LogP contribution >= 0.6 is 0 Å². The molecule has 7 heteroatoms. The van der Waals surface area contributed by atoms with Crippen LogP contribution in [0.25, 0.3) is 0 Å². The molecule has 2 heterocycles. The van der Waals surface area contributed by atoms with Crippen LogP contribution in [0, 0.1) is 19.8 Å². The van der Waals surface area contributed by atoms with Gasteiger partial charge in [-0.05, 0) is 50.3 Å². The van der Waals surface area contributed by atoms with E-state index >= 15 is 0 Å². The first-order valence-corrected chi connectivity index (χ1v) is 12.0. The second kappa shape index (κ2) is 11.3. The van der Waals surface area contributed by atoms with E-state index in [0.717, 1.165) is 41.2 Å². The fourth-order valence-electron chi connectivity index (χ4n) is 4.39. The van der Waals surface area contributed by atoms with Gasteiger partial charge in [0.2, 0.25) is 11.8 Å². The quantitative estimate of drug-likeness (QED) is 0.613. The average Bonchev–Trinajstić information content (AvgIpc) is 2.97. The number of aryl methyl sites for hydroxylation is 2. The maximum Gasteiger partial charge on any atom is 0.227 e. The molecule has 33 heavy (non-hydrogen) atoms. The number of nitrogens with zero attached hydrogens (tertiary/aromatic N) is 4. The molecular weight excluding hydrogens is 416 g/mol. The second-order valence-corrected chi connectivity index (χ2v) is 9.37. The summed E-state index contributed by atoms with van der Waals surface area (Å²) in [6, 6.07) is 7.85. The van der Waals surface area contributed by atoms with Crippen molar-refractivity contribution in [2.75, 3.05) is 33.3 Å². The first-order chi connectivity index (χ1) is 15.8. The largest absolute Gasteiger partial charge is 0.497 e. The van der Waals surface area contributed by atoms with Gasteiger partial charge in [0.15, 0.2) is 0 Å². The molecule has 1 aromatic heterocycles. The predicted octanol–water partition coefficient (Wildman–Crippen LogP) is 3.40. The fraction of sp³-hybridized carbons (Fsp3) is 0.577. The fourth-order valence-corrected chi connectivity index (χ4v) is 4.39. The molecule has 0 aliphatic carbocycles. The number of carbonyl (C=O) groups excluding carboxylic acids is 2. The molecule has 1 aliphatic rings. The number of benzene rings is 1. The molecule has 0 bridgehead atoms. The standard InChI is InChI=1S/C26H38N4O3/c1-19(2)18-30-21(4)24(20(3)27-30)17-26(32)29-14-6-13-28(15-16-29)25(31)12-9-22-7-10-23(33-5)11-8-22/h7-8,10-11,19H,6,9,12-18H2,1-5H3. The van der Waals surface area contributed by atoms with Gasteiger partial charge in [-0.1, -0.05) is 26.0 Å². The molecule has 0 atom stereocenters. The first-order valence-electron chi connectivity index (χ1n) is 12.0. The van der Waals surface area contributed by atoms with E-state index in [9.17, 15) is 9.59 Å². The van der Waals surface area contributed by atoms with Crippen molar-refractivity contribution in [2.24, 2.45) is 5.92 Å². The lowest BCUT2D eigenvalue weighted by molar-refractivity contribution is -0.133. The SMILES string of the molecule is COc1ccc(CCC(=O)N2CCCN(C(=O)Cc3c(C)nn(CC(C)C)c3C)CC2)cc1. The van der Waals surface area contributed by atoms with Gasteiger partial charge in [-0.3, -0.25) is 14.3 Å². The molecule has 0 saturated carbocycles. The van der Waals surface area contributed by atoms with Gasteiger partial charge in [-0.2, -0.15) is 5.10 Å². The molecule has 2 amide bonds. The number of rotatable bonds is 8. The summed E-state index contributed by atoms with van der Waals surface area (Å²) in [5.74, 6) is 1.60. The van der Waals surface area contributed by atoms with Crippen LogP contribution in [0.4, 0.5) is 0 Å². The summed E-state index contributed by atoms with van der Waals surface area (Å²) in [6.45, 7) is 11.8. The Morgan fingerprint density at radius 3 is 2.24 bits per heavy atom. The summed E-state index contributed by atoms with van der Waals surface area (Å²) < 4.78 is 7.21. The third-order valence-corrected chi connectivity index (χ3v) is 6.39. The van der Waals surface area contributed by atoms with Crippen LogP contribution < -0.4 is 4.74 Å². The van der Waals surface area contributed by atoms with Gasteiger partial charge in [0.25, 0.3) is 0 Å². The van der Waals surface area contributed by atoms with Crippen LogP contribution in [0.2, 0.25) is 0 Å². The van der Waals surface area contributed by atoms with Gasteiger partial charge in [0, 0.05) is 50.4 Å². The van der Waals surface area contributed by atoms with E-state index in [4.69, 9.17) is 4.74 Å². The maximum absolute atomic E-state index is 13.1. The van der Waals surface area contributed by atoms with E-state index in [1.165, 1.54) is 0 Å². The van der Waals surface area contributed by atoms with Gasteiger partial charge in [-0.15, -0.1) is 0 Å². The third kappa shape index (κ3) is 6.59. The molecule has 1 saturated heterocycles. The monoisotopic (exact) mass is 454 g/mol. The number of amides is 2. The number of hydrogen-bond donors (Lipinski definition) is 0. The molecule has 180 valence electrons. The second-order valence-electron chi connectivity index (χ2n) is 9.37. The van der Waals surface area contributed by atoms with Crippen molar-refractivity contribution in [3.63, 3.8) is 0 Å². The van der Waals surface area contributed by atoms with Crippen molar-refractivity contribution in [1.82, 2.24) is 19.6 Å². The van der Waals surface area contributed by atoms with Crippen LogP contribution in [0.15, 0.2) is 24.3 Å². The van der Waals surface area contributed by atoms with Crippen molar-refractivity contribution in [1.29, 1.82) is 0 Å². The number of hydrogen-bond acceptors (Lipinski definition) is 4. The number of carbonyl (C=O) groups is 2. The van der Waals surface area contributed by atoms with Crippen molar-refractivity contribution in [2.45, 2.75) is 59.9 Å². The van der Waals surface area contributed by atoms with E-state index < -0.39 is 0 Å². The molecule has 1 aliphatic heterocycles. The molecule has 1 fully saturated rings. The third-order valence-electron chi connectivity index (χ3n) is 6.39. The van der Waals surface area contributed by atoms with E-state index in [0.29, 0.717) is 51.4 Å². The lowest BCUT2D eigenvalue weighted by Gasteiger charge is -2.22. The molecule has 1 aromatic carbocycles. The smallest absolute Gasteiger partial charge is 0.227 e. The average molecular weight is 455 g/mol. The van der Waals surface area contributed by atoms with E-state index in [-0.39, 0.29) is 11.8 Å². The Morgan fingerprint density at radius 1 is 1.00 bits per heavy atom. The Morgan fingerprint density at radius 2 is 1.64 bits per heavy atom. The normalized spacial score (nSPS) is 14.5. The Hall–Kier alpha value is -2.83. The molecule has 7 nitrogen and oxygen atoms in total. The van der Waals surface area contributed by atoms with Crippen LogP contribution in [-0.4, -0.2) is 64.7 Å². The highest BCUT2D eigenvalue weighted by molar-refractivity contribution is 5.80. The lowest BCUT2D eigenvalue weighted by Crippen LogP contribution is -2.38. The minimum atomic E-state index is 0.123. The molecule has 2 aromatic rings. The van der Waals surface area contributed by atoms with Crippen molar-refractivity contribution in [3.05, 3.63) is 46.8 Å². The molecule has 3 rings (SSSR count). The zero-order chi connectivity index (χ0) is 24.0. The van der Waals surface area contributed by atoms with Crippen molar-refractivity contribution < 1.29 is 14.3 Å². The summed E-state index contributed by atoms with van der Waals surface area (Å²) in [6.07, 6.45) is 2.38. The number of aromatic nitrogens is 2. The minimum absolute atomic E-state index is 0.123. The van der Waals surface area contributed by atoms with E-state index in [2.05, 4.69) is 25.9 Å². The highest BCUT2D eigenvalue weighted by Gasteiger charge is 2.24. The van der Waals surface area contributed by atoms with Gasteiger partial charge >= 0.3 is 0 Å². The summed E-state index contributed by atoms with van der Waals surface area (Å²) in [5, 5.41) is 4.64. The van der Waals surface area contributed by atoms with Crippen LogP contribution in [0.1, 0.15) is 49.2 Å². The highest BCUT2D eigenvalue weighted by atomic mass is 16.5. The van der Waals surface area contributed by atoms with Crippen LogP contribution in [-0.2, 0) is 29.0 Å². The predicted molar refractivity (Wildman–Crippen MR) is 129 cm³/mol. The van der Waals surface area contributed by atoms with Gasteiger partial charge in [-0.25, -0.2) is 0 Å². The lowest BCUT2D eigenvalue weighted by atomic mass is 10.1. The molecule has 0 N–H and O–H groups in total. The maximum atomic E-state index is 13.1. The van der Waals surface area contributed by atoms with Gasteiger partial charge < -0.3 is 14.5 Å². The summed E-state index contributed by atoms with van der Waals surface area (Å²) in [5.41, 5.74) is 4.18. The van der Waals surface area contributed by atoms with E-state index in [1.807, 2.05) is 45.7 Å². The van der Waals surface area contributed by atoms with Crippen molar-refractivity contribution >= 4 is 11.8 Å². The Balaban J connectivity index is 1.52. The van der Waals surface area contributed by atoms with E-state index in [1.54, 1.807) is 7.11 Å². The minimum Gasteiger partial charge on any atom is -0.497 e. The summed E-state index contributed by atoms with van der Waals surface area (Å²) in [7, 11) is 1.65. The summed E-state index contributed by atoms with van der Waals surface area (Å²) >= 11 is 0. The summed E-state index contributed by atoms with van der Waals surface area (Å²) in [4.78, 5) is 29.7. The van der Waals surface area contributed by atoms with Crippen molar-refractivity contribution in [3.8, 4) is 5.75 Å². The first kappa shape index (κ1) is 24.8. The molecule has 0 spiro atoms. The number of ether oxygens (including phenoxy) is 1. The Kier molecular flexibility index (Phi) is 8.53. The zero-order valence-corrected chi connectivity index (χ0v) is 20.8. The Labute approximate surface area is 197 Å². The zero-order valence-electron chi connectivity index (χ0n) is 20.8. The molecule has 0 unspecified atom stereocenters. The number of methoxy groups -OCH3 is 1. The van der Waals surface area contributed by atoms with Crippen LogP contribution in [0.5, 0.6) is 5.75 Å². The topological polar surface area (TPSA) is 67.7 Å².